The van der Waals surface area contributed by atoms with E-state index in [0.29, 0.717) is 11.2 Å². The van der Waals surface area contributed by atoms with Gasteiger partial charge in [-0.3, -0.25) is 0 Å². The highest BCUT2D eigenvalue weighted by Gasteiger charge is 2.04. The SMILES string of the molecule is Cc1cc(CNCC(C)C)nc(CSC(C)C)n1. The van der Waals surface area contributed by atoms with Gasteiger partial charge in [0, 0.05) is 12.2 Å². The molecule has 0 aliphatic rings. The maximum Gasteiger partial charge on any atom is 0.138 e. The van der Waals surface area contributed by atoms with Gasteiger partial charge in [0.05, 0.1) is 11.4 Å². The molecule has 3 nitrogen and oxygen atoms in total. The summed E-state index contributed by atoms with van der Waals surface area (Å²) in [4.78, 5) is 9.10. The Morgan fingerprint density at radius 1 is 1.22 bits per heavy atom. The molecule has 0 radical (unpaired) electrons. The van der Waals surface area contributed by atoms with Crippen LogP contribution in [-0.4, -0.2) is 21.8 Å². The van der Waals surface area contributed by atoms with Crippen molar-refractivity contribution in [1.82, 2.24) is 15.3 Å². The van der Waals surface area contributed by atoms with E-state index < -0.39 is 0 Å². The number of nitrogens with zero attached hydrogens (tertiary/aromatic N) is 2. The monoisotopic (exact) mass is 267 g/mol. The van der Waals surface area contributed by atoms with Gasteiger partial charge in [-0.2, -0.15) is 11.8 Å². The van der Waals surface area contributed by atoms with E-state index in [4.69, 9.17) is 0 Å². The molecule has 0 saturated carbocycles. The van der Waals surface area contributed by atoms with Crippen LogP contribution in [0.3, 0.4) is 0 Å². The molecule has 0 bridgehead atoms. The minimum absolute atomic E-state index is 0.622. The van der Waals surface area contributed by atoms with Crippen LogP contribution in [0, 0.1) is 12.8 Å². The molecule has 0 fully saturated rings. The summed E-state index contributed by atoms with van der Waals surface area (Å²) >= 11 is 1.89. The van der Waals surface area contributed by atoms with Gasteiger partial charge >= 0.3 is 0 Å². The molecule has 0 aliphatic carbocycles. The molecule has 0 spiro atoms. The topological polar surface area (TPSA) is 37.8 Å². The number of rotatable bonds is 7. The van der Waals surface area contributed by atoms with E-state index in [1.54, 1.807) is 0 Å². The van der Waals surface area contributed by atoms with Gasteiger partial charge in [0.2, 0.25) is 0 Å². The molecular formula is C14H25N3S. The zero-order chi connectivity index (χ0) is 13.5. The lowest BCUT2D eigenvalue weighted by Gasteiger charge is -2.09. The average Bonchev–Trinajstić information content (AvgIpc) is 2.25. The Morgan fingerprint density at radius 3 is 2.56 bits per heavy atom. The molecular weight excluding hydrogens is 242 g/mol. The van der Waals surface area contributed by atoms with Crippen LogP contribution in [0.2, 0.25) is 0 Å². The second-order valence-electron chi connectivity index (χ2n) is 5.30. The highest BCUT2D eigenvalue weighted by Crippen LogP contribution is 2.15. The first-order valence-corrected chi connectivity index (χ1v) is 7.68. The maximum absolute atomic E-state index is 4.61. The number of aryl methyl sites for hydroxylation is 1. The molecule has 4 heteroatoms. The van der Waals surface area contributed by atoms with Crippen LogP contribution in [0.25, 0.3) is 0 Å². The highest BCUT2D eigenvalue weighted by atomic mass is 32.2. The molecule has 1 N–H and O–H groups in total. The number of nitrogens with one attached hydrogen (secondary N) is 1. The van der Waals surface area contributed by atoms with Crippen molar-refractivity contribution in [2.75, 3.05) is 6.54 Å². The molecule has 0 unspecified atom stereocenters. The summed E-state index contributed by atoms with van der Waals surface area (Å²) in [5, 5.41) is 4.05. The van der Waals surface area contributed by atoms with Crippen LogP contribution in [0.1, 0.15) is 44.9 Å². The van der Waals surface area contributed by atoms with E-state index in [2.05, 4.69) is 49.0 Å². The fourth-order valence-electron chi connectivity index (χ4n) is 1.59. The molecule has 0 amide bonds. The maximum atomic E-state index is 4.61. The number of thioether (sulfide) groups is 1. The standard InChI is InChI=1S/C14H25N3S/c1-10(2)7-15-8-13-6-12(5)16-14(17-13)9-18-11(3)4/h6,10-11,15H,7-9H2,1-5H3. The van der Waals surface area contributed by atoms with Gasteiger partial charge in [-0.15, -0.1) is 0 Å². The normalized spacial score (nSPS) is 11.5. The predicted molar refractivity (Wildman–Crippen MR) is 79.7 cm³/mol. The van der Waals surface area contributed by atoms with Gasteiger partial charge in [0.15, 0.2) is 0 Å². The molecule has 0 saturated heterocycles. The largest absolute Gasteiger partial charge is 0.311 e. The fraction of sp³-hybridized carbons (Fsp3) is 0.714. The Hall–Kier alpha value is -0.610. The summed E-state index contributed by atoms with van der Waals surface area (Å²) < 4.78 is 0. The Bertz CT molecular complexity index is 364. The third kappa shape index (κ3) is 6.36. The summed E-state index contributed by atoms with van der Waals surface area (Å²) in [6, 6.07) is 2.07. The van der Waals surface area contributed by atoms with Gasteiger partial charge in [-0.05, 0) is 30.7 Å². The summed E-state index contributed by atoms with van der Waals surface area (Å²) in [6.45, 7) is 12.7. The predicted octanol–water partition coefficient (Wildman–Crippen LogP) is 3.17. The summed E-state index contributed by atoms with van der Waals surface area (Å²) in [6.07, 6.45) is 0. The Morgan fingerprint density at radius 2 is 1.94 bits per heavy atom. The Kier molecular flexibility index (Phi) is 6.65. The molecule has 18 heavy (non-hydrogen) atoms. The third-order valence-corrected chi connectivity index (χ3v) is 3.45. The van der Waals surface area contributed by atoms with E-state index in [1.807, 2.05) is 18.7 Å². The number of hydrogen-bond acceptors (Lipinski definition) is 4. The molecule has 1 aromatic heterocycles. The van der Waals surface area contributed by atoms with Crippen LogP contribution >= 0.6 is 11.8 Å². The lowest BCUT2D eigenvalue weighted by molar-refractivity contribution is 0.547. The molecule has 0 aliphatic heterocycles. The molecule has 1 aromatic rings. The summed E-state index contributed by atoms with van der Waals surface area (Å²) in [5.41, 5.74) is 2.16. The van der Waals surface area contributed by atoms with E-state index >= 15 is 0 Å². The van der Waals surface area contributed by atoms with Crippen molar-refractivity contribution in [1.29, 1.82) is 0 Å². The van der Waals surface area contributed by atoms with Crippen LogP contribution in [0.4, 0.5) is 0 Å². The summed E-state index contributed by atoms with van der Waals surface area (Å²) in [5.74, 6) is 2.52. The van der Waals surface area contributed by atoms with Gasteiger partial charge < -0.3 is 5.32 Å². The third-order valence-electron chi connectivity index (χ3n) is 2.36. The fourth-order valence-corrected chi connectivity index (χ4v) is 2.20. The highest BCUT2D eigenvalue weighted by molar-refractivity contribution is 7.99. The van der Waals surface area contributed by atoms with Crippen molar-refractivity contribution in [2.45, 2.75) is 52.2 Å². The quantitative estimate of drug-likeness (QED) is 0.823. The van der Waals surface area contributed by atoms with E-state index in [1.165, 1.54) is 0 Å². The first-order valence-electron chi connectivity index (χ1n) is 6.63. The molecule has 102 valence electrons. The van der Waals surface area contributed by atoms with E-state index in [0.717, 1.165) is 36.1 Å². The van der Waals surface area contributed by atoms with Crippen molar-refractivity contribution in [3.8, 4) is 0 Å². The molecule has 0 atom stereocenters. The van der Waals surface area contributed by atoms with Crippen LogP contribution in [-0.2, 0) is 12.3 Å². The van der Waals surface area contributed by atoms with Gasteiger partial charge in [-0.1, -0.05) is 27.7 Å². The second-order valence-corrected chi connectivity index (χ2v) is 6.87. The van der Waals surface area contributed by atoms with Crippen molar-refractivity contribution < 1.29 is 0 Å². The zero-order valence-corrected chi connectivity index (χ0v) is 13.0. The Balaban J connectivity index is 2.57. The van der Waals surface area contributed by atoms with E-state index in [-0.39, 0.29) is 0 Å². The average molecular weight is 267 g/mol. The summed E-state index contributed by atoms with van der Waals surface area (Å²) in [7, 11) is 0. The lowest BCUT2D eigenvalue weighted by atomic mass is 10.2. The van der Waals surface area contributed by atoms with Crippen molar-refractivity contribution in [3.63, 3.8) is 0 Å². The minimum Gasteiger partial charge on any atom is -0.311 e. The first-order chi connectivity index (χ1) is 8.47. The van der Waals surface area contributed by atoms with Gasteiger partial charge in [0.25, 0.3) is 0 Å². The molecule has 1 heterocycles. The van der Waals surface area contributed by atoms with Gasteiger partial charge in [0.1, 0.15) is 5.82 Å². The molecule has 1 rings (SSSR count). The van der Waals surface area contributed by atoms with Crippen LogP contribution < -0.4 is 5.32 Å². The van der Waals surface area contributed by atoms with E-state index in [9.17, 15) is 0 Å². The Labute approximate surface area is 115 Å². The minimum atomic E-state index is 0.622. The second kappa shape index (κ2) is 7.74. The number of aromatic nitrogens is 2. The smallest absolute Gasteiger partial charge is 0.138 e. The number of hydrogen-bond donors (Lipinski definition) is 1. The zero-order valence-electron chi connectivity index (χ0n) is 12.2. The first kappa shape index (κ1) is 15.4. The lowest BCUT2D eigenvalue weighted by Crippen LogP contribution is -2.20. The van der Waals surface area contributed by atoms with Gasteiger partial charge in [-0.25, -0.2) is 9.97 Å². The van der Waals surface area contributed by atoms with Crippen molar-refractivity contribution in [3.05, 3.63) is 23.3 Å². The van der Waals surface area contributed by atoms with Crippen LogP contribution in [0.5, 0.6) is 0 Å². The molecule has 0 aromatic carbocycles. The van der Waals surface area contributed by atoms with Crippen LogP contribution in [0.15, 0.2) is 6.07 Å². The van der Waals surface area contributed by atoms with Crippen molar-refractivity contribution >= 4 is 11.8 Å². The van der Waals surface area contributed by atoms with Crippen molar-refractivity contribution in [2.24, 2.45) is 5.92 Å².